The molecule has 0 atom stereocenters. The van der Waals surface area contributed by atoms with Gasteiger partial charge in [0, 0.05) is 64.9 Å². The molecule has 170 valence electrons. The van der Waals surface area contributed by atoms with Gasteiger partial charge in [-0.3, -0.25) is 4.90 Å². The van der Waals surface area contributed by atoms with Crippen LogP contribution in [0.1, 0.15) is 25.7 Å². The Balaban J connectivity index is 0.000000166. The summed E-state index contributed by atoms with van der Waals surface area (Å²) in [4.78, 5) is 15.1. The van der Waals surface area contributed by atoms with E-state index < -0.39 is 0 Å². The standard InChI is InChI=1S/C12H25N3.C11H23N3/c1-13-5-3-12(4-6-13)11-15-9-7-14(2)8-10-15;1-12-5-3-11(4-6-12)14-9-7-13(2)8-10-14/h12H,3-11H2,1-2H3;11H,3-10H2,1-2H3. The van der Waals surface area contributed by atoms with Gasteiger partial charge in [-0.05, 0) is 86.0 Å². The first-order valence-corrected chi connectivity index (χ1v) is 12.2. The molecule has 29 heavy (non-hydrogen) atoms. The van der Waals surface area contributed by atoms with Gasteiger partial charge >= 0.3 is 0 Å². The fourth-order valence-corrected chi connectivity index (χ4v) is 5.19. The molecule has 0 amide bonds. The van der Waals surface area contributed by atoms with E-state index in [0.717, 1.165) is 12.0 Å². The molecule has 0 aromatic rings. The van der Waals surface area contributed by atoms with Crippen LogP contribution < -0.4 is 0 Å². The molecule has 4 aliphatic heterocycles. The van der Waals surface area contributed by atoms with Crippen molar-refractivity contribution in [3.8, 4) is 0 Å². The van der Waals surface area contributed by atoms with Gasteiger partial charge in [0.2, 0.25) is 0 Å². The van der Waals surface area contributed by atoms with Crippen LogP contribution in [0, 0.1) is 5.92 Å². The number of piperazine rings is 2. The molecule has 4 heterocycles. The van der Waals surface area contributed by atoms with Gasteiger partial charge in [-0.25, -0.2) is 0 Å². The van der Waals surface area contributed by atoms with E-state index in [0.29, 0.717) is 0 Å². The predicted molar refractivity (Wildman–Crippen MR) is 124 cm³/mol. The van der Waals surface area contributed by atoms with Crippen molar-refractivity contribution in [2.75, 3.05) is 113 Å². The number of rotatable bonds is 3. The quantitative estimate of drug-likeness (QED) is 0.686. The van der Waals surface area contributed by atoms with E-state index in [1.807, 2.05) is 0 Å². The van der Waals surface area contributed by atoms with Crippen LogP contribution in [0.3, 0.4) is 0 Å². The zero-order chi connectivity index (χ0) is 20.6. The molecule has 0 aromatic carbocycles. The zero-order valence-corrected chi connectivity index (χ0v) is 19.9. The fraction of sp³-hybridized carbons (Fsp3) is 1.00. The summed E-state index contributed by atoms with van der Waals surface area (Å²) >= 11 is 0. The molecule has 6 heteroatoms. The van der Waals surface area contributed by atoms with Crippen LogP contribution in [-0.4, -0.2) is 149 Å². The Kier molecular flexibility index (Phi) is 9.66. The summed E-state index contributed by atoms with van der Waals surface area (Å²) in [6, 6.07) is 0.875. The second-order valence-electron chi connectivity index (χ2n) is 10.2. The van der Waals surface area contributed by atoms with Crippen molar-refractivity contribution in [1.29, 1.82) is 0 Å². The Morgan fingerprint density at radius 3 is 1.41 bits per heavy atom. The predicted octanol–water partition coefficient (Wildman–Crippen LogP) is 0.904. The SMILES string of the molecule is CN1CCC(CN2CCN(C)CC2)CC1.CN1CCC(N2CCN(C)CC2)CC1. The van der Waals surface area contributed by atoms with Crippen LogP contribution in [0.5, 0.6) is 0 Å². The summed E-state index contributed by atoms with van der Waals surface area (Å²) < 4.78 is 0. The lowest BCUT2D eigenvalue weighted by Crippen LogP contribution is -2.51. The summed E-state index contributed by atoms with van der Waals surface area (Å²) in [7, 11) is 8.94. The van der Waals surface area contributed by atoms with Crippen LogP contribution in [0.15, 0.2) is 0 Å². The Morgan fingerprint density at radius 2 is 0.897 bits per heavy atom. The van der Waals surface area contributed by atoms with Gasteiger partial charge in [0.15, 0.2) is 0 Å². The first kappa shape index (κ1) is 23.4. The number of likely N-dealkylation sites (tertiary alicyclic amines) is 2. The van der Waals surface area contributed by atoms with Gasteiger partial charge in [-0.15, -0.1) is 0 Å². The summed E-state index contributed by atoms with van der Waals surface area (Å²) in [5.74, 6) is 0.963. The first-order chi connectivity index (χ1) is 14.0. The number of nitrogens with zero attached hydrogens (tertiary/aromatic N) is 6. The molecule has 0 radical (unpaired) electrons. The third-order valence-corrected chi connectivity index (χ3v) is 7.69. The average molecular weight is 409 g/mol. The highest BCUT2D eigenvalue weighted by atomic mass is 15.3. The zero-order valence-electron chi connectivity index (χ0n) is 19.9. The third kappa shape index (κ3) is 8.08. The maximum atomic E-state index is 2.70. The highest BCUT2D eigenvalue weighted by molar-refractivity contribution is 4.82. The minimum Gasteiger partial charge on any atom is -0.306 e. The van der Waals surface area contributed by atoms with E-state index in [9.17, 15) is 0 Å². The summed E-state index contributed by atoms with van der Waals surface area (Å²) in [6.45, 7) is 16.7. The van der Waals surface area contributed by atoms with Crippen LogP contribution >= 0.6 is 0 Å². The minimum atomic E-state index is 0.875. The number of hydrogen-bond donors (Lipinski definition) is 0. The van der Waals surface area contributed by atoms with Gasteiger partial charge in [0.25, 0.3) is 0 Å². The van der Waals surface area contributed by atoms with Crippen molar-refractivity contribution >= 4 is 0 Å². The fourth-order valence-electron chi connectivity index (χ4n) is 5.19. The lowest BCUT2D eigenvalue weighted by Gasteiger charge is -2.41. The Hall–Kier alpha value is -0.240. The van der Waals surface area contributed by atoms with E-state index in [-0.39, 0.29) is 0 Å². The number of likely N-dealkylation sites (N-methyl/N-ethyl adjacent to an activating group) is 2. The first-order valence-electron chi connectivity index (χ1n) is 12.2. The Labute approximate surface area is 180 Å². The molecule has 0 N–H and O–H groups in total. The highest BCUT2D eigenvalue weighted by Crippen LogP contribution is 2.18. The van der Waals surface area contributed by atoms with Gasteiger partial charge in [-0.2, -0.15) is 0 Å². The Morgan fingerprint density at radius 1 is 0.483 bits per heavy atom. The summed E-state index contributed by atoms with van der Waals surface area (Å²) in [5.41, 5.74) is 0. The topological polar surface area (TPSA) is 19.4 Å². The second kappa shape index (κ2) is 12.0. The van der Waals surface area contributed by atoms with Crippen molar-refractivity contribution < 1.29 is 0 Å². The van der Waals surface area contributed by atoms with Gasteiger partial charge in [0.1, 0.15) is 0 Å². The molecular weight excluding hydrogens is 360 g/mol. The molecule has 0 spiro atoms. The smallest absolute Gasteiger partial charge is 0.0121 e. The molecule has 0 bridgehead atoms. The highest BCUT2D eigenvalue weighted by Gasteiger charge is 2.25. The van der Waals surface area contributed by atoms with E-state index >= 15 is 0 Å². The molecule has 4 rings (SSSR count). The number of hydrogen-bond acceptors (Lipinski definition) is 6. The largest absolute Gasteiger partial charge is 0.306 e. The van der Waals surface area contributed by atoms with Crippen molar-refractivity contribution in [2.24, 2.45) is 5.92 Å². The van der Waals surface area contributed by atoms with E-state index in [1.165, 1.54) is 111 Å². The van der Waals surface area contributed by atoms with Gasteiger partial charge in [-0.1, -0.05) is 0 Å². The lowest BCUT2D eigenvalue weighted by molar-refractivity contribution is 0.0742. The molecule has 6 nitrogen and oxygen atoms in total. The maximum absolute atomic E-state index is 2.70. The van der Waals surface area contributed by atoms with Crippen molar-refractivity contribution in [3.05, 3.63) is 0 Å². The van der Waals surface area contributed by atoms with Crippen molar-refractivity contribution in [1.82, 2.24) is 29.4 Å². The van der Waals surface area contributed by atoms with Crippen LogP contribution in [0.2, 0.25) is 0 Å². The summed E-state index contributed by atoms with van der Waals surface area (Å²) in [6.07, 6.45) is 5.56. The van der Waals surface area contributed by atoms with Crippen molar-refractivity contribution in [2.45, 2.75) is 31.7 Å². The maximum Gasteiger partial charge on any atom is 0.0121 e. The van der Waals surface area contributed by atoms with Crippen molar-refractivity contribution in [3.63, 3.8) is 0 Å². The summed E-state index contributed by atoms with van der Waals surface area (Å²) in [5, 5.41) is 0. The van der Waals surface area contributed by atoms with E-state index in [4.69, 9.17) is 0 Å². The molecule has 4 fully saturated rings. The van der Waals surface area contributed by atoms with E-state index in [2.05, 4.69) is 57.6 Å². The van der Waals surface area contributed by atoms with Crippen LogP contribution in [0.4, 0.5) is 0 Å². The van der Waals surface area contributed by atoms with Crippen LogP contribution in [0.25, 0.3) is 0 Å². The van der Waals surface area contributed by atoms with E-state index in [1.54, 1.807) is 0 Å². The monoisotopic (exact) mass is 408 g/mol. The molecule has 4 aliphatic rings. The lowest BCUT2D eigenvalue weighted by atomic mass is 9.96. The van der Waals surface area contributed by atoms with Gasteiger partial charge < -0.3 is 24.5 Å². The Bertz CT molecular complexity index is 389. The average Bonchev–Trinajstić information content (AvgIpc) is 2.73. The number of piperidine rings is 2. The third-order valence-electron chi connectivity index (χ3n) is 7.69. The van der Waals surface area contributed by atoms with Crippen LogP contribution in [-0.2, 0) is 0 Å². The molecular formula is C23H48N6. The molecule has 0 aliphatic carbocycles. The molecule has 0 aromatic heterocycles. The normalized spacial score (nSPS) is 29.0. The molecule has 0 unspecified atom stereocenters. The second-order valence-corrected chi connectivity index (χ2v) is 10.2. The van der Waals surface area contributed by atoms with Gasteiger partial charge in [0.05, 0.1) is 0 Å². The minimum absolute atomic E-state index is 0.875. The molecule has 4 saturated heterocycles. The molecule has 0 saturated carbocycles.